The van der Waals surface area contributed by atoms with Gasteiger partial charge in [0.15, 0.2) is 5.82 Å². The standard InChI is InChI=1S/C16H25N5/c1-4-6-13(5-2)10-18-16-9-15(11-19-20-16)21-8-7-14(12-21)17-3/h4-6,9,11,14,17H,7-8,10,12H2,1-3H3,(H,18,20)/b6-4-,13-5+/t14-/m1/s1. The summed E-state index contributed by atoms with van der Waals surface area (Å²) in [5.74, 6) is 0.823. The SMILES string of the molecule is C/C=C\C(=C/C)CNc1cc(N2CC[C@@H](NC)C2)cnn1. The summed E-state index contributed by atoms with van der Waals surface area (Å²) in [6.07, 6.45) is 9.25. The molecule has 2 rings (SSSR count). The molecule has 21 heavy (non-hydrogen) atoms. The summed E-state index contributed by atoms with van der Waals surface area (Å²) in [7, 11) is 2.02. The highest BCUT2D eigenvalue weighted by atomic mass is 15.2. The molecule has 1 fully saturated rings. The van der Waals surface area contributed by atoms with E-state index in [9.17, 15) is 0 Å². The molecule has 1 atom stereocenters. The van der Waals surface area contributed by atoms with E-state index >= 15 is 0 Å². The Morgan fingerprint density at radius 2 is 2.33 bits per heavy atom. The van der Waals surface area contributed by atoms with Crippen LogP contribution in [0.3, 0.4) is 0 Å². The Kier molecular flexibility index (Phi) is 5.75. The van der Waals surface area contributed by atoms with E-state index in [1.54, 1.807) is 0 Å². The number of nitrogens with one attached hydrogen (secondary N) is 2. The molecular formula is C16H25N5. The summed E-state index contributed by atoms with van der Waals surface area (Å²) in [6.45, 7) is 6.92. The maximum absolute atomic E-state index is 4.16. The summed E-state index contributed by atoms with van der Waals surface area (Å²) in [4.78, 5) is 2.35. The van der Waals surface area contributed by atoms with E-state index < -0.39 is 0 Å². The zero-order chi connectivity index (χ0) is 15.1. The predicted octanol–water partition coefficient (Wildman–Crippen LogP) is 2.21. The highest BCUT2D eigenvalue weighted by Crippen LogP contribution is 2.21. The summed E-state index contributed by atoms with van der Waals surface area (Å²) in [5.41, 5.74) is 2.37. The van der Waals surface area contributed by atoms with Crippen LogP contribution in [0.1, 0.15) is 20.3 Å². The topological polar surface area (TPSA) is 53.1 Å². The lowest BCUT2D eigenvalue weighted by atomic mass is 10.2. The second kappa shape index (κ2) is 7.78. The molecule has 1 aromatic heterocycles. The first-order chi connectivity index (χ1) is 10.3. The van der Waals surface area contributed by atoms with Crippen molar-refractivity contribution in [2.24, 2.45) is 0 Å². The van der Waals surface area contributed by atoms with Crippen LogP contribution in [0.2, 0.25) is 0 Å². The molecule has 1 aliphatic rings. The van der Waals surface area contributed by atoms with E-state index in [1.165, 1.54) is 12.0 Å². The molecule has 2 heterocycles. The van der Waals surface area contributed by atoms with Crippen LogP contribution in [0.25, 0.3) is 0 Å². The zero-order valence-corrected chi connectivity index (χ0v) is 13.1. The minimum Gasteiger partial charge on any atom is -0.369 e. The molecule has 1 aromatic rings. The highest BCUT2D eigenvalue weighted by molar-refractivity contribution is 5.53. The summed E-state index contributed by atoms with van der Waals surface area (Å²) in [5, 5.41) is 14.9. The van der Waals surface area contributed by atoms with Crippen molar-refractivity contribution in [1.82, 2.24) is 15.5 Å². The van der Waals surface area contributed by atoms with Gasteiger partial charge >= 0.3 is 0 Å². The van der Waals surface area contributed by atoms with Gasteiger partial charge in [-0.05, 0) is 32.9 Å². The minimum absolute atomic E-state index is 0.568. The van der Waals surface area contributed by atoms with Gasteiger partial charge < -0.3 is 15.5 Å². The van der Waals surface area contributed by atoms with Gasteiger partial charge in [0.05, 0.1) is 11.9 Å². The first-order valence-electron chi connectivity index (χ1n) is 7.53. The number of anilines is 2. The maximum atomic E-state index is 4.16. The lowest BCUT2D eigenvalue weighted by molar-refractivity contribution is 0.617. The number of likely N-dealkylation sites (N-methyl/N-ethyl adjacent to an activating group) is 1. The Hall–Kier alpha value is -1.88. The van der Waals surface area contributed by atoms with Crippen molar-refractivity contribution in [2.45, 2.75) is 26.3 Å². The van der Waals surface area contributed by atoms with Crippen LogP contribution in [0.4, 0.5) is 11.5 Å². The Labute approximate surface area is 127 Å². The molecule has 0 aliphatic carbocycles. The number of nitrogens with zero attached hydrogens (tertiary/aromatic N) is 3. The smallest absolute Gasteiger partial charge is 0.150 e. The van der Waals surface area contributed by atoms with Crippen molar-refractivity contribution in [1.29, 1.82) is 0 Å². The molecule has 1 aliphatic heterocycles. The van der Waals surface area contributed by atoms with Crippen molar-refractivity contribution in [2.75, 3.05) is 36.9 Å². The summed E-state index contributed by atoms with van der Waals surface area (Å²) < 4.78 is 0. The fraction of sp³-hybridized carbons (Fsp3) is 0.500. The van der Waals surface area contributed by atoms with Crippen LogP contribution < -0.4 is 15.5 Å². The normalized spacial score (nSPS) is 19.5. The fourth-order valence-corrected chi connectivity index (χ4v) is 2.51. The van der Waals surface area contributed by atoms with E-state index in [0.29, 0.717) is 6.04 Å². The Morgan fingerprint density at radius 3 is 3.00 bits per heavy atom. The molecule has 5 heteroatoms. The first-order valence-corrected chi connectivity index (χ1v) is 7.53. The van der Waals surface area contributed by atoms with Crippen molar-refractivity contribution >= 4 is 11.5 Å². The number of hydrogen-bond acceptors (Lipinski definition) is 5. The lowest BCUT2D eigenvalue weighted by Crippen LogP contribution is -2.29. The average molecular weight is 287 g/mol. The molecule has 0 saturated carbocycles. The van der Waals surface area contributed by atoms with E-state index in [-0.39, 0.29) is 0 Å². The molecule has 1 saturated heterocycles. The number of aromatic nitrogens is 2. The van der Waals surface area contributed by atoms with Gasteiger partial charge in [-0.15, -0.1) is 5.10 Å². The van der Waals surface area contributed by atoms with Crippen molar-refractivity contribution < 1.29 is 0 Å². The molecule has 0 unspecified atom stereocenters. The monoisotopic (exact) mass is 287 g/mol. The molecule has 5 nitrogen and oxygen atoms in total. The van der Waals surface area contributed by atoms with Gasteiger partial charge in [0.2, 0.25) is 0 Å². The number of hydrogen-bond donors (Lipinski definition) is 2. The van der Waals surface area contributed by atoms with Gasteiger partial charge in [-0.1, -0.05) is 18.2 Å². The molecule has 0 spiro atoms. The molecule has 114 valence electrons. The highest BCUT2D eigenvalue weighted by Gasteiger charge is 2.21. The van der Waals surface area contributed by atoms with Gasteiger partial charge in [0.25, 0.3) is 0 Å². The number of allylic oxidation sites excluding steroid dienone is 2. The second-order valence-electron chi connectivity index (χ2n) is 5.24. The van der Waals surface area contributed by atoms with Crippen LogP contribution in [0.15, 0.2) is 36.1 Å². The van der Waals surface area contributed by atoms with Gasteiger partial charge in [-0.25, -0.2) is 0 Å². The van der Waals surface area contributed by atoms with E-state index in [2.05, 4.69) is 43.9 Å². The van der Waals surface area contributed by atoms with E-state index in [1.807, 2.05) is 33.2 Å². The van der Waals surface area contributed by atoms with Crippen molar-refractivity contribution in [3.63, 3.8) is 0 Å². The van der Waals surface area contributed by atoms with E-state index in [4.69, 9.17) is 0 Å². The van der Waals surface area contributed by atoms with Gasteiger partial charge in [-0.2, -0.15) is 5.10 Å². The van der Waals surface area contributed by atoms with Crippen molar-refractivity contribution in [3.8, 4) is 0 Å². The predicted molar refractivity (Wildman–Crippen MR) is 88.8 cm³/mol. The lowest BCUT2D eigenvalue weighted by Gasteiger charge is -2.18. The molecule has 2 N–H and O–H groups in total. The third-order valence-electron chi connectivity index (χ3n) is 3.83. The largest absolute Gasteiger partial charge is 0.369 e. The van der Waals surface area contributed by atoms with Crippen LogP contribution >= 0.6 is 0 Å². The third kappa shape index (κ3) is 4.29. The summed E-state index contributed by atoms with van der Waals surface area (Å²) >= 11 is 0. The fourth-order valence-electron chi connectivity index (χ4n) is 2.51. The molecule has 0 amide bonds. The van der Waals surface area contributed by atoms with Crippen LogP contribution in [-0.4, -0.2) is 42.9 Å². The maximum Gasteiger partial charge on any atom is 0.150 e. The third-order valence-corrected chi connectivity index (χ3v) is 3.83. The Morgan fingerprint density at radius 1 is 1.48 bits per heavy atom. The van der Waals surface area contributed by atoms with Gasteiger partial charge in [-0.3, -0.25) is 0 Å². The van der Waals surface area contributed by atoms with E-state index in [0.717, 1.165) is 31.1 Å². The van der Waals surface area contributed by atoms with Crippen LogP contribution in [0, 0.1) is 0 Å². The Balaban J connectivity index is 1.98. The van der Waals surface area contributed by atoms with Crippen molar-refractivity contribution in [3.05, 3.63) is 36.1 Å². The Bertz CT molecular complexity index is 509. The van der Waals surface area contributed by atoms with Gasteiger partial charge in [0, 0.05) is 31.7 Å². The second-order valence-corrected chi connectivity index (χ2v) is 5.24. The van der Waals surface area contributed by atoms with Gasteiger partial charge in [0.1, 0.15) is 0 Å². The minimum atomic E-state index is 0.568. The molecule has 0 bridgehead atoms. The quantitative estimate of drug-likeness (QED) is 0.786. The number of rotatable bonds is 6. The van der Waals surface area contributed by atoms with Crippen LogP contribution in [-0.2, 0) is 0 Å². The molecule has 0 aromatic carbocycles. The molecule has 0 radical (unpaired) electrons. The van der Waals surface area contributed by atoms with Crippen LogP contribution in [0.5, 0.6) is 0 Å². The average Bonchev–Trinajstić information content (AvgIpc) is 3.01. The first kappa shape index (κ1) is 15.5. The zero-order valence-electron chi connectivity index (χ0n) is 13.1. The summed E-state index contributed by atoms with van der Waals surface area (Å²) in [6, 6.07) is 2.65. The molecular weight excluding hydrogens is 262 g/mol.